The molecule has 0 aliphatic rings. The van der Waals surface area contributed by atoms with Crippen LogP contribution in [0.5, 0.6) is 0 Å². The number of carbonyl (C=O) groups excluding carboxylic acids is 1. The molecule has 1 N–H and O–H groups in total. The van der Waals surface area contributed by atoms with Crippen molar-refractivity contribution in [3.8, 4) is 0 Å². The quantitative estimate of drug-likeness (QED) is 0.779. The van der Waals surface area contributed by atoms with Crippen molar-refractivity contribution in [2.24, 2.45) is 0 Å². The van der Waals surface area contributed by atoms with Crippen molar-refractivity contribution in [1.82, 2.24) is 24.9 Å². The van der Waals surface area contributed by atoms with Crippen molar-refractivity contribution < 1.29 is 4.79 Å². The molecule has 0 atom stereocenters. The number of carbonyl (C=O) groups is 1. The highest BCUT2D eigenvalue weighted by atomic mass is 35.5. The second-order valence-corrected chi connectivity index (χ2v) is 4.58. The Balaban J connectivity index is 1.57. The summed E-state index contributed by atoms with van der Waals surface area (Å²) >= 11 is 5.73. The van der Waals surface area contributed by atoms with Crippen LogP contribution in [0.3, 0.4) is 0 Å². The number of hydrogen-bond acceptors (Lipinski definition) is 3. The first-order valence-corrected chi connectivity index (χ1v) is 6.54. The van der Waals surface area contributed by atoms with Gasteiger partial charge in [0.05, 0.1) is 11.2 Å². The van der Waals surface area contributed by atoms with Gasteiger partial charge in [-0.2, -0.15) is 10.2 Å². The average molecular weight is 282 g/mol. The summed E-state index contributed by atoms with van der Waals surface area (Å²) in [5, 5.41) is 11.6. The van der Waals surface area contributed by atoms with Crippen LogP contribution in [0.2, 0.25) is 5.02 Å². The lowest BCUT2D eigenvalue weighted by atomic mass is 10.3. The monoisotopic (exact) mass is 281 g/mol. The summed E-state index contributed by atoms with van der Waals surface area (Å²) in [6.45, 7) is 2.00. The smallest absolute Gasteiger partial charge is 0.221 e. The maximum atomic E-state index is 11.6. The van der Waals surface area contributed by atoms with Crippen LogP contribution < -0.4 is 5.32 Å². The molecule has 7 heteroatoms. The van der Waals surface area contributed by atoms with E-state index in [4.69, 9.17) is 11.6 Å². The summed E-state index contributed by atoms with van der Waals surface area (Å²) in [6, 6.07) is 1.88. The first-order valence-electron chi connectivity index (χ1n) is 6.16. The Morgan fingerprint density at radius 3 is 2.89 bits per heavy atom. The van der Waals surface area contributed by atoms with Crippen molar-refractivity contribution >= 4 is 17.5 Å². The Morgan fingerprint density at radius 2 is 2.21 bits per heavy atom. The molecule has 2 heterocycles. The van der Waals surface area contributed by atoms with Gasteiger partial charge >= 0.3 is 0 Å². The Labute approximate surface area is 116 Å². The Bertz CT molecular complexity index is 508. The van der Waals surface area contributed by atoms with Gasteiger partial charge in [0.25, 0.3) is 0 Å². The van der Waals surface area contributed by atoms with Crippen molar-refractivity contribution in [2.45, 2.75) is 25.9 Å². The molecule has 0 aliphatic carbocycles. The third kappa shape index (κ3) is 4.75. The summed E-state index contributed by atoms with van der Waals surface area (Å²) in [5.41, 5.74) is 0. The van der Waals surface area contributed by atoms with E-state index in [2.05, 4.69) is 15.5 Å². The van der Waals surface area contributed by atoms with E-state index < -0.39 is 0 Å². The predicted octanol–water partition coefficient (Wildman–Crippen LogP) is 1.33. The minimum Gasteiger partial charge on any atom is -0.356 e. The van der Waals surface area contributed by atoms with Gasteiger partial charge in [0.15, 0.2) is 0 Å². The van der Waals surface area contributed by atoms with E-state index in [0.717, 1.165) is 13.0 Å². The third-order valence-corrected chi connectivity index (χ3v) is 2.81. The molecule has 6 nitrogen and oxygen atoms in total. The van der Waals surface area contributed by atoms with Gasteiger partial charge in [-0.15, -0.1) is 0 Å². The van der Waals surface area contributed by atoms with Gasteiger partial charge in [0.1, 0.15) is 0 Å². The number of halogens is 1. The van der Waals surface area contributed by atoms with Crippen LogP contribution in [0.25, 0.3) is 0 Å². The van der Waals surface area contributed by atoms with E-state index in [0.29, 0.717) is 24.5 Å². The van der Waals surface area contributed by atoms with E-state index >= 15 is 0 Å². The molecular weight excluding hydrogens is 266 g/mol. The molecule has 0 spiro atoms. The average Bonchev–Trinajstić information content (AvgIpc) is 3.03. The van der Waals surface area contributed by atoms with Crippen LogP contribution in [-0.2, 0) is 17.9 Å². The maximum absolute atomic E-state index is 11.6. The molecule has 1 amide bonds. The highest BCUT2D eigenvalue weighted by Crippen LogP contribution is 2.04. The van der Waals surface area contributed by atoms with E-state index in [9.17, 15) is 4.79 Å². The Kier molecular flexibility index (Phi) is 4.97. The number of rotatable bonds is 7. The number of nitrogens with zero attached hydrogens (tertiary/aromatic N) is 4. The molecule has 2 aromatic rings. The number of amides is 1. The minimum atomic E-state index is 0.0205. The fourth-order valence-electron chi connectivity index (χ4n) is 1.67. The van der Waals surface area contributed by atoms with Gasteiger partial charge in [-0.05, 0) is 12.5 Å². The zero-order valence-electron chi connectivity index (χ0n) is 10.5. The minimum absolute atomic E-state index is 0.0205. The molecule has 0 fully saturated rings. The number of hydrogen-bond donors (Lipinski definition) is 1. The van der Waals surface area contributed by atoms with E-state index in [1.165, 1.54) is 0 Å². The standard InChI is InChI=1S/C12H16ClN5O/c13-11-9-16-18(10-11)8-3-12(19)14-4-1-6-17-7-2-5-15-17/h2,5,7,9-10H,1,3-4,6,8H2,(H,14,19). The normalized spacial score (nSPS) is 10.6. The molecule has 0 bridgehead atoms. The molecule has 0 aromatic carbocycles. The molecule has 0 radical (unpaired) electrons. The summed E-state index contributed by atoms with van der Waals surface area (Å²) in [5.74, 6) is 0.0205. The molecular formula is C12H16ClN5O. The third-order valence-electron chi connectivity index (χ3n) is 2.62. The molecule has 2 aromatic heterocycles. The molecule has 0 saturated carbocycles. The highest BCUT2D eigenvalue weighted by molar-refractivity contribution is 6.30. The first-order chi connectivity index (χ1) is 9.24. The largest absolute Gasteiger partial charge is 0.356 e. The zero-order valence-corrected chi connectivity index (χ0v) is 11.3. The second kappa shape index (κ2) is 6.94. The lowest BCUT2D eigenvalue weighted by Gasteiger charge is -2.05. The van der Waals surface area contributed by atoms with Gasteiger partial charge in [-0.25, -0.2) is 0 Å². The zero-order chi connectivity index (χ0) is 13.5. The Hall–Kier alpha value is -1.82. The van der Waals surface area contributed by atoms with Crippen LogP contribution in [0.4, 0.5) is 0 Å². The van der Waals surface area contributed by atoms with Crippen LogP contribution in [-0.4, -0.2) is 32.0 Å². The lowest BCUT2D eigenvalue weighted by molar-refractivity contribution is -0.121. The van der Waals surface area contributed by atoms with Crippen molar-refractivity contribution in [1.29, 1.82) is 0 Å². The number of aromatic nitrogens is 4. The van der Waals surface area contributed by atoms with Crippen molar-refractivity contribution in [3.63, 3.8) is 0 Å². The van der Waals surface area contributed by atoms with Gasteiger partial charge < -0.3 is 5.32 Å². The van der Waals surface area contributed by atoms with E-state index in [1.54, 1.807) is 23.3 Å². The SMILES string of the molecule is O=C(CCn1cc(Cl)cn1)NCCCn1cccn1. The number of aryl methyl sites for hydroxylation is 2. The van der Waals surface area contributed by atoms with Gasteiger partial charge in [-0.1, -0.05) is 11.6 Å². The molecule has 0 aliphatic heterocycles. The van der Waals surface area contributed by atoms with Crippen LogP contribution in [0.1, 0.15) is 12.8 Å². The van der Waals surface area contributed by atoms with Gasteiger partial charge in [0, 0.05) is 44.6 Å². The summed E-state index contributed by atoms with van der Waals surface area (Å²) in [4.78, 5) is 11.6. The highest BCUT2D eigenvalue weighted by Gasteiger charge is 2.02. The van der Waals surface area contributed by atoms with Gasteiger partial charge in [0.2, 0.25) is 5.91 Å². The first kappa shape index (κ1) is 13.6. The summed E-state index contributed by atoms with van der Waals surface area (Å²) in [7, 11) is 0. The van der Waals surface area contributed by atoms with Gasteiger partial charge in [-0.3, -0.25) is 14.2 Å². The molecule has 2 rings (SSSR count). The lowest BCUT2D eigenvalue weighted by Crippen LogP contribution is -2.26. The Morgan fingerprint density at radius 1 is 1.32 bits per heavy atom. The molecule has 0 unspecified atom stereocenters. The van der Waals surface area contributed by atoms with E-state index in [-0.39, 0.29) is 5.91 Å². The molecule has 19 heavy (non-hydrogen) atoms. The molecule has 102 valence electrons. The van der Waals surface area contributed by atoms with Crippen LogP contribution >= 0.6 is 11.6 Å². The second-order valence-electron chi connectivity index (χ2n) is 4.14. The van der Waals surface area contributed by atoms with Crippen molar-refractivity contribution in [3.05, 3.63) is 35.9 Å². The van der Waals surface area contributed by atoms with Crippen LogP contribution in [0.15, 0.2) is 30.9 Å². The fraction of sp³-hybridized carbons (Fsp3) is 0.417. The van der Waals surface area contributed by atoms with E-state index in [1.807, 2.05) is 16.9 Å². The fourth-order valence-corrected chi connectivity index (χ4v) is 1.82. The summed E-state index contributed by atoms with van der Waals surface area (Å²) < 4.78 is 3.50. The summed E-state index contributed by atoms with van der Waals surface area (Å²) in [6.07, 6.45) is 8.17. The maximum Gasteiger partial charge on any atom is 0.221 e. The molecule has 0 saturated heterocycles. The van der Waals surface area contributed by atoms with Crippen LogP contribution in [0, 0.1) is 0 Å². The van der Waals surface area contributed by atoms with Crippen molar-refractivity contribution in [2.75, 3.05) is 6.54 Å². The predicted molar refractivity (Wildman–Crippen MR) is 71.7 cm³/mol. The topological polar surface area (TPSA) is 64.7 Å². The number of nitrogens with one attached hydrogen (secondary N) is 1.